The van der Waals surface area contributed by atoms with Gasteiger partial charge in [-0.1, -0.05) is 24.3 Å². The molecule has 4 fully saturated rings. The van der Waals surface area contributed by atoms with Gasteiger partial charge < -0.3 is 10.2 Å². The Morgan fingerprint density at radius 3 is 2.29 bits per heavy atom. The fourth-order valence-corrected chi connectivity index (χ4v) is 4.34. The Balaban J connectivity index is 1.41. The first-order valence-electron chi connectivity index (χ1n) is 8.63. The Hall–Kier alpha value is -0.900. The Labute approximate surface area is 128 Å². The van der Waals surface area contributed by atoms with Crippen molar-refractivity contribution in [2.24, 2.45) is 5.92 Å². The van der Waals surface area contributed by atoms with E-state index in [2.05, 4.69) is 39.4 Å². The summed E-state index contributed by atoms with van der Waals surface area (Å²) in [6.45, 7) is 9.71. The van der Waals surface area contributed by atoms with E-state index in [-0.39, 0.29) is 0 Å². The molecule has 0 radical (unpaired) electrons. The molecule has 1 aromatic rings. The van der Waals surface area contributed by atoms with Crippen molar-refractivity contribution in [2.45, 2.75) is 25.3 Å². The molecule has 1 aromatic carbocycles. The highest BCUT2D eigenvalue weighted by Gasteiger charge is 2.34. The fraction of sp³-hybridized carbons (Fsp3) is 0.667. The van der Waals surface area contributed by atoms with Gasteiger partial charge in [0.25, 0.3) is 0 Å². The van der Waals surface area contributed by atoms with Gasteiger partial charge in [0.2, 0.25) is 0 Å². The van der Waals surface area contributed by atoms with Gasteiger partial charge in [-0.25, -0.2) is 0 Å². The minimum absolute atomic E-state index is 0.792. The lowest BCUT2D eigenvalue weighted by Crippen LogP contribution is -2.46. The molecule has 5 rings (SSSR count). The van der Waals surface area contributed by atoms with Crippen LogP contribution in [-0.4, -0.2) is 55.6 Å². The number of rotatable bonds is 3. The second-order valence-electron chi connectivity index (χ2n) is 7.01. The van der Waals surface area contributed by atoms with Crippen LogP contribution >= 0.6 is 0 Å². The molecule has 2 bridgehead atoms. The molecule has 21 heavy (non-hydrogen) atoms. The lowest BCUT2D eigenvalue weighted by molar-refractivity contribution is 0.0871. The van der Waals surface area contributed by atoms with Crippen LogP contribution in [0.2, 0.25) is 0 Å². The SMILES string of the molecule is c1cc(C2CN3CCC2CC3)ccc1CN1CCNCC1. The van der Waals surface area contributed by atoms with Crippen molar-refractivity contribution in [1.29, 1.82) is 0 Å². The molecule has 4 heterocycles. The molecule has 0 amide bonds. The van der Waals surface area contributed by atoms with Gasteiger partial charge in [0.15, 0.2) is 0 Å². The smallest absolute Gasteiger partial charge is 0.0234 e. The van der Waals surface area contributed by atoms with Crippen LogP contribution in [0.5, 0.6) is 0 Å². The highest BCUT2D eigenvalue weighted by Crippen LogP contribution is 2.38. The molecule has 3 heteroatoms. The molecule has 1 atom stereocenters. The topological polar surface area (TPSA) is 18.5 Å². The van der Waals surface area contributed by atoms with Gasteiger partial charge in [0, 0.05) is 39.3 Å². The van der Waals surface area contributed by atoms with Crippen LogP contribution in [0.25, 0.3) is 0 Å². The number of hydrogen-bond donors (Lipinski definition) is 1. The average molecular weight is 285 g/mol. The zero-order valence-corrected chi connectivity index (χ0v) is 12.9. The molecule has 1 unspecified atom stereocenters. The summed E-state index contributed by atoms with van der Waals surface area (Å²) < 4.78 is 0. The van der Waals surface area contributed by atoms with E-state index in [1.165, 1.54) is 51.1 Å². The van der Waals surface area contributed by atoms with Crippen LogP contribution in [0, 0.1) is 5.92 Å². The summed E-state index contributed by atoms with van der Waals surface area (Å²) in [6.07, 6.45) is 2.82. The van der Waals surface area contributed by atoms with Gasteiger partial charge in [-0.15, -0.1) is 0 Å². The van der Waals surface area contributed by atoms with Crippen LogP contribution < -0.4 is 5.32 Å². The van der Waals surface area contributed by atoms with E-state index < -0.39 is 0 Å². The standard InChI is InChI=1S/C18H27N3/c1-3-16(18-14-20-9-5-17(18)6-10-20)4-2-15(1)13-21-11-7-19-8-12-21/h1-4,17-19H,5-14H2. The number of benzene rings is 1. The average Bonchev–Trinajstić information content (AvgIpc) is 2.57. The molecule has 0 aliphatic carbocycles. The molecule has 4 aliphatic heterocycles. The largest absolute Gasteiger partial charge is 0.314 e. The maximum absolute atomic E-state index is 3.42. The maximum Gasteiger partial charge on any atom is 0.0234 e. The predicted octanol–water partition coefficient (Wildman–Crippen LogP) is 1.90. The quantitative estimate of drug-likeness (QED) is 0.915. The second kappa shape index (κ2) is 6.07. The van der Waals surface area contributed by atoms with Crippen molar-refractivity contribution >= 4 is 0 Å². The van der Waals surface area contributed by atoms with E-state index in [4.69, 9.17) is 0 Å². The first kappa shape index (κ1) is 13.7. The Bertz CT molecular complexity index is 456. The lowest BCUT2D eigenvalue weighted by Gasteiger charge is -2.45. The molecule has 114 valence electrons. The number of piperazine rings is 1. The zero-order chi connectivity index (χ0) is 14.1. The normalized spacial score (nSPS) is 33.2. The summed E-state index contributed by atoms with van der Waals surface area (Å²) >= 11 is 0. The molecule has 4 saturated heterocycles. The number of hydrogen-bond acceptors (Lipinski definition) is 3. The van der Waals surface area contributed by atoms with E-state index in [9.17, 15) is 0 Å². The Morgan fingerprint density at radius 1 is 0.952 bits per heavy atom. The van der Waals surface area contributed by atoms with Gasteiger partial charge in [0.1, 0.15) is 0 Å². The summed E-state index contributed by atoms with van der Waals surface area (Å²) in [7, 11) is 0. The predicted molar refractivity (Wildman–Crippen MR) is 86.5 cm³/mol. The molecular weight excluding hydrogens is 258 g/mol. The van der Waals surface area contributed by atoms with Crippen molar-refractivity contribution in [2.75, 3.05) is 45.8 Å². The van der Waals surface area contributed by atoms with Crippen molar-refractivity contribution in [3.63, 3.8) is 0 Å². The first-order valence-corrected chi connectivity index (χ1v) is 8.63. The summed E-state index contributed by atoms with van der Waals surface area (Å²) in [4.78, 5) is 5.21. The minimum atomic E-state index is 0.792. The van der Waals surface area contributed by atoms with Crippen molar-refractivity contribution in [3.05, 3.63) is 35.4 Å². The van der Waals surface area contributed by atoms with Crippen molar-refractivity contribution in [1.82, 2.24) is 15.1 Å². The minimum Gasteiger partial charge on any atom is -0.314 e. The van der Waals surface area contributed by atoms with Crippen LogP contribution in [0.3, 0.4) is 0 Å². The van der Waals surface area contributed by atoms with Gasteiger partial charge in [-0.05, 0) is 48.9 Å². The fourth-order valence-electron chi connectivity index (χ4n) is 4.34. The molecule has 0 saturated carbocycles. The van der Waals surface area contributed by atoms with E-state index in [0.29, 0.717) is 0 Å². The number of nitrogens with zero attached hydrogens (tertiary/aromatic N) is 2. The first-order chi connectivity index (χ1) is 10.4. The van der Waals surface area contributed by atoms with Crippen LogP contribution in [-0.2, 0) is 6.54 Å². The van der Waals surface area contributed by atoms with Crippen LogP contribution in [0.15, 0.2) is 24.3 Å². The number of fused-ring (bicyclic) bond motifs is 3. The van der Waals surface area contributed by atoms with E-state index in [1.54, 1.807) is 5.56 Å². The third-order valence-electron chi connectivity index (χ3n) is 5.68. The van der Waals surface area contributed by atoms with Gasteiger partial charge in [-0.3, -0.25) is 4.90 Å². The number of piperidine rings is 3. The molecular formula is C18H27N3. The third-order valence-corrected chi connectivity index (χ3v) is 5.68. The highest BCUT2D eigenvalue weighted by molar-refractivity contribution is 5.27. The lowest BCUT2D eigenvalue weighted by atomic mass is 9.75. The van der Waals surface area contributed by atoms with Crippen LogP contribution in [0.1, 0.15) is 29.9 Å². The van der Waals surface area contributed by atoms with Gasteiger partial charge in [0.05, 0.1) is 0 Å². The van der Waals surface area contributed by atoms with E-state index >= 15 is 0 Å². The summed E-state index contributed by atoms with van der Waals surface area (Å²) in [6, 6.07) is 9.55. The summed E-state index contributed by atoms with van der Waals surface area (Å²) in [5, 5.41) is 3.42. The Morgan fingerprint density at radius 2 is 1.67 bits per heavy atom. The molecule has 0 aromatic heterocycles. The third kappa shape index (κ3) is 3.01. The monoisotopic (exact) mass is 285 g/mol. The second-order valence-corrected chi connectivity index (χ2v) is 7.01. The van der Waals surface area contributed by atoms with Crippen molar-refractivity contribution < 1.29 is 0 Å². The highest BCUT2D eigenvalue weighted by atomic mass is 15.2. The van der Waals surface area contributed by atoms with Gasteiger partial charge in [-0.2, -0.15) is 0 Å². The number of nitrogens with one attached hydrogen (secondary N) is 1. The Kier molecular flexibility index (Phi) is 3.97. The van der Waals surface area contributed by atoms with Gasteiger partial charge >= 0.3 is 0 Å². The van der Waals surface area contributed by atoms with E-state index in [1.807, 2.05) is 0 Å². The molecule has 3 nitrogen and oxygen atoms in total. The maximum atomic E-state index is 3.42. The molecule has 4 aliphatic rings. The molecule has 0 spiro atoms. The molecule has 1 N–H and O–H groups in total. The zero-order valence-electron chi connectivity index (χ0n) is 12.9. The van der Waals surface area contributed by atoms with E-state index in [0.717, 1.165) is 31.5 Å². The summed E-state index contributed by atoms with van der Waals surface area (Å²) in [5.74, 6) is 1.73. The van der Waals surface area contributed by atoms with Crippen molar-refractivity contribution in [3.8, 4) is 0 Å². The van der Waals surface area contributed by atoms with Crippen LogP contribution in [0.4, 0.5) is 0 Å². The summed E-state index contributed by atoms with van der Waals surface area (Å²) in [5.41, 5.74) is 3.05.